The third kappa shape index (κ3) is 3.45. The molecular weight excluding hydrogens is 298 g/mol. The second-order valence-electron chi connectivity index (χ2n) is 4.34. The van der Waals surface area contributed by atoms with Gasteiger partial charge in [0.2, 0.25) is 10.0 Å². The summed E-state index contributed by atoms with van der Waals surface area (Å²) in [6.45, 7) is 2.17. The Hall–Kier alpha value is -1.80. The first-order chi connectivity index (χ1) is 9.79. The van der Waals surface area contributed by atoms with Gasteiger partial charge in [0.25, 0.3) is 0 Å². The number of carbonyl (C=O) groups is 1. The fourth-order valence-electron chi connectivity index (χ4n) is 1.84. The van der Waals surface area contributed by atoms with Gasteiger partial charge in [-0.15, -0.1) is 0 Å². The molecule has 1 aromatic carbocycles. The molecule has 0 amide bonds. The second-order valence-corrected chi connectivity index (χ2v) is 6.35. The van der Waals surface area contributed by atoms with E-state index in [2.05, 4.69) is 0 Å². The van der Waals surface area contributed by atoms with E-state index in [9.17, 15) is 13.2 Å². The highest BCUT2D eigenvalue weighted by molar-refractivity contribution is 7.89. The topological polar surface area (TPSA) is 93.1 Å². The average molecular weight is 317 g/mol. The normalized spacial score (nSPS) is 11.5. The number of aromatic carboxylic acids is 1. The zero-order chi connectivity index (χ0) is 16.2. The van der Waals surface area contributed by atoms with Gasteiger partial charge in [0.15, 0.2) is 0 Å². The first kappa shape index (κ1) is 17.3. The summed E-state index contributed by atoms with van der Waals surface area (Å²) in [4.78, 5) is 11.0. The van der Waals surface area contributed by atoms with Gasteiger partial charge in [-0.3, -0.25) is 0 Å². The van der Waals surface area contributed by atoms with Crippen LogP contribution in [0.15, 0.2) is 17.0 Å². The first-order valence-electron chi connectivity index (χ1n) is 6.25. The lowest BCUT2D eigenvalue weighted by Gasteiger charge is -2.19. The number of carboxylic acids is 1. The molecule has 0 atom stereocenters. The van der Waals surface area contributed by atoms with Crippen LogP contribution in [0.3, 0.4) is 0 Å². The SMILES string of the molecule is CCCN(C)S(=O)(=O)c1cc(C(=O)O)c(OC)cc1OC. The standard InChI is InChI=1S/C13H19NO6S/c1-5-6-14(2)21(17,18)12-7-9(13(15)16)10(19-3)8-11(12)20-4/h7-8H,5-6H2,1-4H3,(H,15,16). The average Bonchev–Trinajstić information content (AvgIpc) is 2.45. The number of nitrogens with zero attached hydrogens (tertiary/aromatic N) is 1. The zero-order valence-electron chi connectivity index (χ0n) is 12.4. The van der Waals surface area contributed by atoms with E-state index < -0.39 is 16.0 Å². The van der Waals surface area contributed by atoms with Gasteiger partial charge in [0, 0.05) is 19.7 Å². The highest BCUT2D eigenvalue weighted by Crippen LogP contribution is 2.33. The van der Waals surface area contributed by atoms with E-state index in [1.807, 2.05) is 6.92 Å². The smallest absolute Gasteiger partial charge is 0.339 e. The molecule has 21 heavy (non-hydrogen) atoms. The zero-order valence-corrected chi connectivity index (χ0v) is 13.2. The van der Waals surface area contributed by atoms with Gasteiger partial charge >= 0.3 is 5.97 Å². The Kier molecular flexibility index (Phi) is 5.56. The van der Waals surface area contributed by atoms with E-state index in [1.165, 1.54) is 27.3 Å². The van der Waals surface area contributed by atoms with Crippen LogP contribution < -0.4 is 9.47 Å². The summed E-state index contributed by atoms with van der Waals surface area (Å²) in [6.07, 6.45) is 0.639. The monoisotopic (exact) mass is 317 g/mol. The van der Waals surface area contributed by atoms with E-state index in [1.54, 1.807) is 0 Å². The molecule has 0 spiro atoms. The maximum Gasteiger partial charge on any atom is 0.339 e. The molecule has 0 unspecified atom stereocenters. The number of ether oxygens (including phenoxy) is 2. The van der Waals surface area contributed by atoms with E-state index in [0.717, 1.165) is 10.4 Å². The molecule has 0 bridgehead atoms. The lowest BCUT2D eigenvalue weighted by atomic mass is 10.2. The van der Waals surface area contributed by atoms with Gasteiger partial charge in [-0.05, 0) is 12.5 Å². The Morgan fingerprint density at radius 1 is 1.24 bits per heavy atom. The molecule has 0 aliphatic heterocycles. The van der Waals surface area contributed by atoms with Crippen molar-refractivity contribution in [3.63, 3.8) is 0 Å². The maximum absolute atomic E-state index is 12.5. The van der Waals surface area contributed by atoms with E-state index >= 15 is 0 Å². The van der Waals surface area contributed by atoms with Crippen molar-refractivity contribution < 1.29 is 27.8 Å². The van der Waals surface area contributed by atoms with Crippen molar-refractivity contribution in [2.75, 3.05) is 27.8 Å². The minimum absolute atomic E-state index is 0.0384. The molecule has 0 aliphatic rings. The molecule has 0 radical (unpaired) electrons. The molecular formula is C13H19NO6S. The molecule has 0 saturated carbocycles. The summed E-state index contributed by atoms with van der Waals surface area (Å²) < 4.78 is 36.1. The highest BCUT2D eigenvalue weighted by Gasteiger charge is 2.27. The lowest BCUT2D eigenvalue weighted by molar-refractivity contribution is 0.0693. The number of carboxylic acid groups (broad SMARTS) is 1. The van der Waals surface area contributed by atoms with Crippen molar-refractivity contribution in [3.05, 3.63) is 17.7 Å². The van der Waals surface area contributed by atoms with Gasteiger partial charge < -0.3 is 14.6 Å². The van der Waals surface area contributed by atoms with Crippen LogP contribution in [0.5, 0.6) is 11.5 Å². The summed E-state index contributed by atoms with van der Waals surface area (Å²) in [5.41, 5.74) is -0.234. The van der Waals surface area contributed by atoms with Crippen LogP contribution in [0.2, 0.25) is 0 Å². The van der Waals surface area contributed by atoms with Crippen LogP contribution in [0.4, 0.5) is 0 Å². The Morgan fingerprint density at radius 3 is 2.24 bits per heavy atom. The van der Waals surface area contributed by atoms with Crippen LogP contribution >= 0.6 is 0 Å². The van der Waals surface area contributed by atoms with Crippen molar-refractivity contribution in [1.29, 1.82) is 0 Å². The quantitative estimate of drug-likeness (QED) is 0.818. The summed E-state index contributed by atoms with van der Waals surface area (Å²) in [5, 5.41) is 9.16. The second kappa shape index (κ2) is 6.77. The largest absolute Gasteiger partial charge is 0.496 e. The molecule has 0 aromatic heterocycles. The highest BCUT2D eigenvalue weighted by atomic mass is 32.2. The number of benzene rings is 1. The number of hydrogen-bond acceptors (Lipinski definition) is 5. The van der Waals surface area contributed by atoms with Gasteiger partial charge in [-0.1, -0.05) is 6.92 Å². The van der Waals surface area contributed by atoms with Crippen LogP contribution in [-0.4, -0.2) is 51.6 Å². The van der Waals surface area contributed by atoms with Crippen molar-refractivity contribution >= 4 is 16.0 Å². The molecule has 0 saturated heterocycles. The minimum Gasteiger partial charge on any atom is -0.496 e. The van der Waals surface area contributed by atoms with Crippen LogP contribution in [0.1, 0.15) is 23.7 Å². The summed E-state index contributed by atoms with van der Waals surface area (Å²) in [5.74, 6) is -1.19. The molecule has 8 heteroatoms. The fraction of sp³-hybridized carbons (Fsp3) is 0.462. The predicted molar refractivity (Wildman–Crippen MR) is 76.6 cm³/mol. The maximum atomic E-state index is 12.5. The molecule has 1 aromatic rings. The van der Waals surface area contributed by atoms with Gasteiger partial charge in [0.1, 0.15) is 22.0 Å². The van der Waals surface area contributed by atoms with Crippen LogP contribution in [-0.2, 0) is 10.0 Å². The first-order valence-corrected chi connectivity index (χ1v) is 7.69. The third-order valence-corrected chi connectivity index (χ3v) is 4.82. The molecule has 1 rings (SSSR count). The van der Waals surface area contributed by atoms with Crippen molar-refractivity contribution in [2.45, 2.75) is 18.2 Å². The Morgan fingerprint density at radius 2 is 1.81 bits per heavy atom. The van der Waals surface area contributed by atoms with Crippen molar-refractivity contribution in [3.8, 4) is 11.5 Å². The molecule has 0 aliphatic carbocycles. The summed E-state index contributed by atoms with van der Waals surface area (Å²) in [6, 6.07) is 2.32. The van der Waals surface area contributed by atoms with E-state index in [-0.39, 0.29) is 22.0 Å². The number of hydrogen-bond donors (Lipinski definition) is 1. The Bertz CT molecular complexity index is 626. The number of rotatable bonds is 7. The predicted octanol–water partition coefficient (Wildman–Crippen LogP) is 1.43. The molecule has 118 valence electrons. The van der Waals surface area contributed by atoms with Crippen LogP contribution in [0, 0.1) is 0 Å². The van der Waals surface area contributed by atoms with Crippen molar-refractivity contribution in [1.82, 2.24) is 4.31 Å². The molecule has 0 heterocycles. The van der Waals surface area contributed by atoms with Gasteiger partial charge in [-0.25, -0.2) is 17.5 Å². The Labute approximate surface area is 124 Å². The van der Waals surface area contributed by atoms with Gasteiger partial charge in [0.05, 0.1) is 14.2 Å². The minimum atomic E-state index is -3.84. The molecule has 1 N–H and O–H groups in total. The lowest BCUT2D eigenvalue weighted by Crippen LogP contribution is -2.28. The number of sulfonamides is 1. The summed E-state index contributed by atoms with van der Waals surface area (Å²) >= 11 is 0. The molecule has 0 fully saturated rings. The van der Waals surface area contributed by atoms with Gasteiger partial charge in [-0.2, -0.15) is 0 Å². The number of methoxy groups -OCH3 is 2. The Balaban J connectivity index is 3.54. The van der Waals surface area contributed by atoms with E-state index in [4.69, 9.17) is 14.6 Å². The summed E-state index contributed by atoms with van der Waals surface area (Å²) in [7, 11) is 0.216. The van der Waals surface area contributed by atoms with Crippen LogP contribution in [0.25, 0.3) is 0 Å². The fourth-order valence-corrected chi connectivity index (χ4v) is 3.26. The van der Waals surface area contributed by atoms with Crippen molar-refractivity contribution in [2.24, 2.45) is 0 Å². The van der Waals surface area contributed by atoms with E-state index in [0.29, 0.717) is 13.0 Å². The molecule has 7 nitrogen and oxygen atoms in total. The third-order valence-electron chi connectivity index (χ3n) is 2.94.